The molecule has 1 saturated heterocycles. The average molecular weight is 254 g/mol. The number of hydrogen-bond donors (Lipinski definition) is 1. The zero-order valence-electron chi connectivity index (χ0n) is 12.2. The Morgan fingerprint density at radius 3 is 2.50 bits per heavy atom. The maximum atomic E-state index is 5.66. The van der Waals surface area contributed by atoms with E-state index in [-0.39, 0.29) is 0 Å². The highest BCUT2D eigenvalue weighted by Crippen LogP contribution is 2.23. The summed E-state index contributed by atoms with van der Waals surface area (Å²) in [6.07, 6.45) is 9.69. The highest BCUT2D eigenvalue weighted by molar-refractivity contribution is 4.83. The molecule has 2 rings (SSSR count). The maximum absolute atomic E-state index is 5.66. The van der Waals surface area contributed by atoms with E-state index in [4.69, 9.17) is 4.74 Å². The summed E-state index contributed by atoms with van der Waals surface area (Å²) in [5.41, 5.74) is 0. The molecule has 2 atom stereocenters. The summed E-state index contributed by atoms with van der Waals surface area (Å²) in [6.45, 7) is 3.05. The lowest BCUT2D eigenvalue weighted by molar-refractivity contribution is 0.0154. The molecule has 1 aliphatic heterocycles. The molecule has 0 aromatic rings. The molecule has 0 amide bonds. The average Bonchev–Trinajstić information content (AvgIpc) is 2.68. The van der Waals surface area contributed by atoms with Crippen molar-refractivity contribution in [3.05, 3.63) is 0 Å². The van der Waals surface area contributed by atoms with Crippen LogP contribution in [0.5, 0.6) is 0 Å². The van der Waals surface area contributed by atoms with Gasteiger partial charge in [-0.05, 0) is 33.4 Å². The van der Waals surface area contributed by atoms with Gasteiger partial charge in [0.1, 0.15) is 0 Å². The Kier molecular flexibility index (Phi) is 5.93. The van der Waals surface area contributed by atoms with Gasteiger partial charge in [-0.2, -0.15) is 0 Å². The van der Waals surface area contributed by atoms with E-state index in [1.807, 2.05) is 0 Å². The summed E-state index contributed by atoms with van der Waals surface area (Å²) in [5, 5.41) is 3.47. The van der Waals surface area contributed by atoms with Crippen LogP contribution in [-0.4, -0.2) is 50.8 Å². The van der Waals surface area contributed by atoms with Gasteiger partial charge < -0.3 is 15.0 Å². The summed E-state index contributed by atoms with van der Waals surface area (Å²) < 4.78 is 5.66. The first-order valence-electron chi connectivity index (χ1n) is 7.76. The zero-order chi connectivity index (χ0) is 12.8. The molecule has 18 heavy (non-hydrogen) atoms. The second-order valence-electron chi connectivity index (χ2n) is 6.10. The number of nitrogens with zero attached hydrogens (tertiary/aromatic N) is 1. The fourth-order valence-corrected chi connectivity index (χ4v) is 3.57. The van der Waals surface area contributed by atoms with Crippen LogP contribution in [0.25, 0.3) is 0 Å². The number of ether oxygens (including phenoxy) is 1. The first-order chi connectivity index (χ1) is 8.81. The van der Waals surface area contributed by atoms with Gasteiger partial charge in [0.15, 0.2) is 0 Å². The standard InChI is InChI=1S/C15H30N2O/c1-16-15-9-10-18-12-13(15)11-17(2)14-7-5-3-4-6-8-14/h13-16H,3-12H2,1-2H3. The molecule has 0 bridgehead atoms. The van der Waals surface area contributed by atoms with Crippen LogP contribution in [0.2, 0.25) is 0 Å². The van der Waals surface area contributed by atoms with E-state index in [0.29, 0.717) is 12.0 Å². The van der Waals surface area contributed by atoms with Crippen molar-refractivity contribution in [2.45, 2.75) is 57.0 Å². The van der Waals surface area contributed by atoms with Crippen molar-refractivity contribution < 1.29 is 4.74 Å². The number of hydrogen-bond acceptors (Lipinski definition) is 3. The van der Waals surface area contributed by atoms with Gasteiger partial charge in [-0.15, -0.1) is 0 Å². The summed E-state index contributed by atoms with van der Waals surface area (Å²) in [7, 11) is 4.41. The van der Waals surface area contributed by atoms with E-state index in [9.17, 15) is 0 Å². The number of nitrogens with one attached hydrogen (secondary N) is 1. The largest absolute Gasteiger partial charge is 0.381 e. The molecular formula is C15H30N2O. The summed E-state index contributed by atoms with van der Waals surface area (Å²) >= 11 is 0. The predicted octanol–water partition coefficient (Wildman–Crippen LogP) is 2.27. The predicted molar refractivity (Wildman–Crippen MR) is 75.9 cm³/mol. The van der Waals surface area contributed by atoms with E-state index in [0.717, 1.165) is 19.3 Å². The Morgan fingerprint density at radius 1 is 1.11 bits per heavy atom. The van der Waals surface area contributed by atoms with Crippen LogP contribution in [0, 0.1) is 5.92 Å². The topological polar surface area (TPSA) is 24.5 Å². The van der Waals surface area contributed by atoms with E-state index >= 15 is 0 Å². The monoisotopic (exact) mass is 254 g/mol. The van der Waals surface area contributed by atoms with Crippen molar-refractivity contribution in [2.24, 2.45) is 5.92 Å². The van der Waals surface area contributed by atoms with Gasteiger partial charge in [-0.3, -0.25) is 0 Å². The molecule has 0 aromatic heterocycles. The van der Waals surface area contributed by atoms with Gasteiger partial charge in [-0.1, -0.05) is 25.7 Å². The Labute approximate surface area is 112 Å². The molecule has 2 unspecified atom stereocenters. The maximum Gasteiger partial charge on any atom is 0.0521 e. The van der Waals surface area contributed by atoms with Gasteiger partial charge in [0, 0.05) is 31.2 Å². The Balaban J connectivity index is 1.82. The van der Waals surface area contributed by atoms with Crippen molar-refractivity contribution in [2.75, 3.05) is 33.9 Å². The van der Waals surface area contributed by atoms with E-state index in [2.05, 4.69) is 24.3 Å². The first kappa shape index (κ1) is 14.3. The minimum atomic E-state index is 0.645. The van der Waals surface area contributed by atoms with Gasteiger partial charge in [-0.25, -0.2) is 0 Å². The minimum Gasteiger partial charge on any atom is -0.381 e. The van der Waals surface area contributed by atoms with Gasteiger partial charge in [0.2, 0.25) is 0 Å². The summed E-state index contributed by atoms with van der Waals surface area (Å²) in [6, 6.07) is 1.46. The van der Waals surface area contributed by atoms with Crippen molar-refractivity contribution in [3.63, 3.8) is 0 Å². The van der Waals surface area contributed by atoms with Crippen molar-refractivity contribution in [3.8, 4) is 0 Å². The Morgan fingerprint density at radius 2 is 1.83 bits per heavy atom. The fraction of sp³-hybridized carbons (Fsp3) is 1.00. The third-order valence-corrected chi connectivity index (χ3v) is 4.82. The summed E-state index contributed by atoms with van der Waals surface area (Å²) in [5.74, 6) is 0.664. The lowest BCUT2D eigenvalue weighted by atomic mass is 9.94. The highest BCUT2D eigenvalue weighted by atomic mass is 16.5. The van der Waals surface area contributed by atoms with Crippen LogP contribution in [0.1, 0.15) is 44.9 Å². The van der Waals surface area contributed by atoms with Crippen molar-refractivity contribution in [1.82, 2.24) is 10.2 Å². The second kappa shape index (κ2) is 7.46. The summed E-state index contributed by atoms with van der Waals surface area (Å²) in [4.78, 5) is 2.61. The molecule has 0 spiro atoms. The van der Waals surface area contributed by atoms with Gasteiger partial charge >= 0.3 is 0 Å². The third-order valence-electron chi connectivity index (χ3n) is 4.82. The van der Waals surface area contributed by atoms with Crippen LogP contribution < -0.4 is 5.32 Å². The smallest absolute Gasteiger partial charge is 0.0521 e. The minimum absolute atomic E-state index is 0.645. The molecule has 0 aromatic carbocycles. The SMILES string of the molecule is CNC1CCOCC1CN(C)C1CCCCCC1. The molecule has 2 fully saturated rings. The Hall–Kier alpha value is -0.120. The van der Waals surface area contributed by atoms with Crippen LogP contribution >= 0.6 is 0 Å². The van der Waals surface area contributed by atoms with Crippen LogP contribution in [0.4, 0.5) is 0 Å². The molecular weight excluding hydrogens is 224 g/mol. The van der Waals surface area contributed by atoms with Crippen molar-refractivity contribution in [1.29, 1.82) is 0 Å². The fourth-order valence-electron chi connectivity index (χ4n) is 3.57. The van der Waals surface area contributed by atoms with E-state index in [1.165, 1.54) is 51.5 Å². The van der Waals surface area contributed by atoms with Gasteiger partial charge in [0.05, 0.1) is 6.61 Å². The molecule has 3 heteroatoms. The van der Waals surface area contributed by atoms with Gasteiger partial charge in [0.25, 0.3) is 0 Å². The molecule has 1 N–H and O–H groups in total. The van der Waals surface area contributed by atoms with Crippen molar-refractivity contribution >= 4 is 0 Å². The van der Waals surface area contributed by atoms with E-state index in [1.54, 1.807) is 0 Å². The molecule has 0 radical (unpaired) electrons. The lowest BCUT2D eigenvalue weighted by Crippen LogP contribution is -2.47. The van der Waals surface area contributed by atoms with Crippen LogP contribution in [-0.2, 0) is 4.74 Å². The molecule has 106 valence electrons. The number of rotatable bonds is 4. The van der Waals surface area contributed by atoms with E-state index < -0.39 is 0 Å². The zero-order valence-corrected chi connectivity index (χ0v) is 12.2. The first-order valence-corrected chi connectivity index (χ1v) is 7.76. The normalized spacial score (nSPS) is 31.5. The third kappa shape index (κ3) is 3.94. The molecule has 1 aliphatic carbocycles. The second-order valence-corrected chi connectivity index (χ2v) is 6.10. The molecule has 1 saturated carbocycles. The van der Waals surface area contributed by atoms with Crippen LogP contribution in [0.15, 0.2) is 0 Å². The van der Waals surface area contributed by atoms with Crippen LogP contribution in [0.3, 0.4) is 0 Å². The molecule has 2 aliphatic rings. The highest BCUT2D eigenvalue weighted by Gasteiger charge is 2.27. The Bertz CT molecular complexity index is 227. The quantitative estimate of drug-likeness (QED) is 0.779. The molecule has 3 nitrogen and oxygen atoms in total. The molecule has 1 heterocycles. The lowest BCUT2D eigenvalue weighted by Gasteiger charge is -2.36.